The Balaban J connectivity index is 1.73. The zero-order valence-electron chi connectivity index (χ0n) is 16.4. The summed E-state index contributed by atoms with van der Waals surface area (Å²) in [5, 5.41) is 2.92. The zero-order valence-corrected chi connectivity index (χ0v) is 17.2. The molecule has 1 aromatic heterocycles. The van der Waals surface area contributed by atoms with Gasteiger partial charge < -0.3 is 15.8 Å². The van der Waals surface area contributed by atoms with Crippen LogP contribution in [0.2, 0.25) is 5.02 Å². The van der Waals surface area contributed by atoms with Crippen LogP contribution in [-0.2, 0) is 4.79 Å². The monoisotopic (exact) mass is 440 g/mol. The number of hydrogen-bond acceptors (Lipinski definition) is 5. The van der Waals surface area contributed by atoms with Gasteiger partial charge in [-0.2, -0.15) is 0 Å². The number of nitrogens with zero attached hydrogens (tertiary/aromatic N) is 2. The summed E-state index contributed by atoms with van der Waals surface area (Å²) in [6.45, 7) is 1.32. The number of halogens is 2. The van der Waals surface area contributed by atoms with Gasteiger partial charge in [-0.3, -0.25) is 9.59 Å². The minimum atomic E-state index is -0.524. The van der Waals surface area contributed by atoms with E-state index in [0.29, 0.717) is 22.1 Å². The van der Waals surface area contributed by atoms with Crippen molar-refractivity contribution in [1.82, 2.24) is 4.98 Å². The lowest BCUT2D eigenvalue weighted by molar-refractivity contribution is -0.118. The van der Waals surface area contributed by atoms with Crippen molar-refractivity contribution in [3.05, 3.63) is 82.3 Å². The summed E-state index contributed by atoms with van der Waals surface area (Å²) in [7, 11) is 0. The molecule has 0 saturated carbocycles. The van der Waals surface area contributed by atoms with Crippen molar-refractivity contribution in [2.45, 2.75) is 6.92 Å². The molecule has 9 heteroatoms. The largest absolute Gasteiger partial charge is 0.483 e. The van der Waals surface area contributed by atoms with E-state index in [1.54, 1.807) is 25.1 Å². The van der Waals surface area contributed by atoms with Crippen LogP contribution in [0, 0.1) is 12.7 Å². The molecular weight excluding hydrogens is 423 g/mol. The van der Waals surface area contributed by atoms with E-state index in [4.69, 9.17) is 22.1 Å². The van der Waals surface area contributed by atoms with E-state index in [2.05, 4.69) is 15.3 Å². The van der Waals surface area contributed by atoms with Crippen LogP contribution < -0.4 is 15.8 Å². The third-order valence-corrected chi connectivity index (χ3v) is 4.32. The number of benzene rings is 2. The number of rotatable bonds is 7. The fraction of sp³-hybridized carbons (Fsp3) is 0.0909. The van der Waals surface area contributed by atoms with Crippen LogP contribution in [0.4, 0.5) is 15.9 Å². The Bertz CT molecular complexity index is 1130. The molecule has 0 unspecified atom stereocenters. The van der Waals surface area contributed by atoms with Crippen LogP contribution >= 0.6 is 11.6 Å². The lowest BCUT2D eigenvalue weighted by Gasteiger charge is -2.12. The lowest BCUT2D eigenvalue weighted by Crippen LogP contribution is -2.21. The van der Waals surface area contributed by atoms with Crippen LogP contribution in [0.15, 0.2) is 59.7 Å². The SMILES string of the molecule is Cc1cc(F)cc(C(=O)c2cc(Cl)ccc2OCC(=O)Nc2ccc(N=CN)nc2)c1. The Morgan fingerprint density at radius 3 is 2.71 bits per heavy atom. The van der Waals surface area contributed by atoms with Crippen molar-refractivity contribution < 1.29 is 18.7 Å². The fourth-order valence-electron chi connectivity index (χ4n) is 2.78. The Kier molecular flexibility index (Phi) is 6.94. The average molecular weight is 441 g/mol. The number of hydrogen-bond donors (Lipinski definition) is 2. The van der Waals surface area contributed by atoms with Gasteiger partial charge in [-0.15, -0.1) is 0 Å². The Morgan fingerprint density at radius 1 is 1.23 bits per heavy atom. The Hall–Kier alpha value is -3.78. The second-order valence-corrected chi connectivity index (χ2v) is 6.94. The molecule has 158 valence electrons. The number of carbonyl (C=O) groups is 2. The summed E-state index contributed by atoms with van der Waals surface area (Å²) in [5.74, 6) is -0.914. The first kappa shape index (κ1) is 21.9. The molecule has 3 rings (SSSR count). The highest BCUT2D eigenvalue weighted by Crippen LogP contribution is 2.26. The number of pyridine rings is 1. The molecule has 7 nitrogen and oxygen atoms in total. The standard InChI is InChI=1S/C22H18ClFN4O3/c1-13-6-14(8-16(24)7-13)22(30)18-9-15(23)2-4-19(18)31-11-21(29)28-17-3-5-20(26-10-17)27-12-25/h2-10,12H,11H2,1H3,(H,28,29)(H2,25,26,27). The van der Waals surface area contributed by atoms with Gasteiger partial charge in [0.25, 0.3) is 5.91 Å². The van der Waals surface area contributed by atoms with Gasteiger partial charge in [0.1, 0.15) is 11.6 Å². The molecule has 0 fully saturated rings. The molecule has 3 N–H and O–H groups in total. The molecule has 0 saturated heterocycles. The van der Waals surface area contributed by atoms with Crippen LogP contribution in [0.3, 0.4) is 0 Å². The summed E-state index contributed by atoms with van der Waals surface area (Å²) in [4.78, 5) is 33.0. The van der Waals surface area contributed by atoms with Crippen LogP contribution in [0.5, 0.6) is 5.75 Å². The molecule has 31 heavy (non-hydrogen) atoms. The van der Waals surface area contributed by atoms with Gasteiger partial charge in [-0.1, -0.05) is 11.6 Å². The van der Waals surface area contributed by atoms with E-state index < -0.39 is 17.5 Å². The number of aromatic nitrogens is 1. The molecule has 0 aliphatic heterocycles. The molecular formula is C22H18ClFN4O3. The van der Waals surface area contributed by atoms with Crippen molar-refractivity contribution in [1.29, 1.82) is 0 Å². The Morgan fingerprint density at radius 2 is 2.03 bits per heavy atom. The number of ether oxygens (including phenoxy) is 1. The molecule has 0 atom stereocenters. The summed E-state index contributed by atoms with van der Waals surface area (Å²) < 4.78 is 19.3. The molecule has 2 aromatic carbocycles. The number of carbonyl (C=O) groups excluding carboxylic acids is 2. The molecule has 0 spiro atoms. The highest BCUT2D eigenvalue weighted by atomic mass is 35.5. The second kappa shape index (κ2) is 9.82. The van der Waals surface area contributed by atoms with Crippen LogP contribution in [-0.4, -0.2) is 29.6 Å². The molecule has 0 aliphatic rings. The van der Waals surface area contributed by atoms with Gasteiger partial charge in [-0.05, 0) is 61.0 Å². The van der Waals surface area contributed by atoms with Gasteiger partial charge in [0, 0.05) is 10.6 Å². The smallest absolute Gasteiger partial charge is 0.262 e. The first-order valence-corrected chi connectivity index (χ1v) is 9.48. The predicted molar refractivity (Wildman–Crippen MR) is 117 cm³/mol. The van der Waals surface area contributed by atoms with Crippen molar-refractivity contribution in [2.75, 3.05) is 11.9 Å². The highest BCUT2D eigenvalue weighted by Gasteiger charge is 2.18. The maximum absolute atomic E-state index is 13.7. The van der Waals surface area contributed by atoms with Gasteiger partial charge in [0.2, 0.25) is 0 Å². The quantitative estimate of drug-likeness (QED) is 0.327. The number of aliphatic imine (C=N–C) groups is 1. The minimum absolute atomic E-state index is 0.121. The maximum Gasteiger partial charge on any atom is 0.262 e. The summed E-state index contributed by atoms with van der Waals surface area (Å²) in [5.41, 5.74) is 6.51. The van der Waals surface area contributed by atoms with Gasteiger partial charge in [0.05, 0.1) is 23.8 Å². The lowest BCUT2D eigenvalue weighted by atomic mass is 10.0. The molecule has 0 bridgehead atoms. The third kappa shape index (κ3) is 5.86. The van der Waals surface area contributed by atoms with Gasteiger partial charge in [-0.25, -0.2) is 14.4 Å². The molecule has 0 aliphatic carbocycles. The maximum atomic E-state index is 13.7. The van der Waals surface area contributed by atoms with Crippen molar-refractivity contribution >= 4 is 41.1 Å². The van der Waals surface area contributed by atoms with Crippen molar-refractivity contribution in [2.24, 2.45) is 10.7 Å². The van der Waals surface area contributed by atoms with E-state index in [-0.39, 0.29) is 23.5 Å². The van der Waals surface area contributed by atoms with Crippen LogP contribution in [0.1, 0.15) is 21.5 Å². The van der Waals surface area contributed by atoms with E-state index in [9.17, 15) is 14.0 Å². The average Bonchev–Trinajstić information content (AvgIpc) is 2.73. The zero-order chi connectivity index (χ0) is 22.4. The second-order valence-electron chi connectivity index (χ2n) is 6.51. The van der Waals surface area contributed by atoms with Gasteiger partial charge in [0.15, 0.2) is 18.2 Å². The van der Waals surface area contributed by atoms with E-state index >= 15 is 0 Å². The first-order chi connectivity index (χ1) is 14.9. The number of nitrogens with two attached hydrogens (primary N) is 1. The minimum Gasteiger partial charge on any atom is -0.483 e. The topological polar surface area (TPSA) is 107 Å². The number of ketones is 1. The number of amides is 1. The number of aryl methyl sites for hydroxylation is 1. The van der Waals surface area contributed by atoms with Crippen molar-refractivity contribution in [3.63, 3.8) is 0 Å². The highest BCUT2D eigenvalue weighted by molar-refractivity contribution is 6.31. The molecule has 0 radical (unpaired) electrons. The fourth-order valence-corrected chi connectivity index (χ4v) is 2.95. The Labute approximate surface area is 182 Å². The summed E-state index contributed by atoms with van der Waals surface area (Å²) in [6.07, 6.45) is 2.54. The van der Waals surface area contributed by atoms with E-state index in [1.807, 2.05) is 0 Å². The predicted octanol–water partition coefficient (Wildman–Crippen LogP) is 4.05. The third-order valence-electron chi connectivity index (χ3n) is 4.09. The van der Waals surface area contributed by atoms with E-state index in [0.717, 1.165) is 12.4 Å². The normalized spacial score (nSPS) is 10.8. The molecule has 3 aromatic rings. The van der Waals surface area contributed by atoms with Crippen molar-refractivity contribution in [3.8, 4) is 5.75 Å². The first-order valence-electron chi connectivity index (χ1n) is 9.10. The number of anilines is 1. The molecule has 1 heterocycles. The number of nitrogens with one attached hydrogen (secondary N) is 1. The van der Waals surface area contributed by atoms with Gasteiger partial charge >= 0.3 is 0 Å². The van der Waals surface area contributed by atoms with Crippen LogP contribution in [0.25, 0.3) is 0 Å². The summed E-state index contributed by atoms with van der Waals surface area (Å²) in [6, 6.07) is 11.6. The summed E-state index contributed by atoms with van der Waals surface area (Å²) >= 11 is 6.03. The van der Waals surface area contributed by atoms with E-state index in [1.165, 1.54) is 30.5 Å². The molecule has 1 amide bonds.